The number of rotatable bonds is 12. The van der Waals surface area contributed by atoms with Gasteiger partial charge < -0.3 is 40.9 Å². The van der Waals surface area contributed by atoms with E-state index in [-0.39, 0.29) is 66.1 Å². The monoisotopic (exact) mass is 962 g/mol. The quantitative estimate of drug-likeness (QED) is 0.0710. The van der Waals surface area contributed by atoms with Gasteiger partial charge in [0.15, 0.2) is 0 Å². The Morgan fingerprint density at radius 1 is 0.529 bits per heavy atom. The minimum Gasteiger partial charge on any atom is -0.478 e. The second-order valence-electron chi connectivity index (χ2n) is 17.7. The molecule has 0 unspecified atom stereocenters. The van der Waals surface area contributed by atoms with Crippen LogP contribution in [0.4, 0.5) is 20.4 Å². The van der Waals surface area contributed by atoms with Gasteiger partial charge in [0.05, 0.1) is 69.6 Å². The van der Waals surface area contributed by atoms with E-state index in [4.69, 9.17) is 33.4 Å². The number of anilines is 2. The predicted molar refractivity (Wildman–Crippen MR) is 247 cm³/mol. The number of β-amino-alcohol motifs (C(OH)–C–C–N with tert-alkyl or cyclic N) is 2. The van der Waals surface area contributed by atoms with Crippen LogP contribution in [0, 0.1) is 11.6 Å². The fourth-order valence-electron chi connectivity index (χ4n) is 8.73. The molecule has 6 N–H and O–H groups in total. The molecule has 2 amide bonds. The van der Waals surface area contributed by atoms with Crippen LogP contribution in [0.1, 0.15) is 89.4 Å². The molecule has 4 heterocycles. The lowest BCUT2D eigenvalue weighted by atomic mass is 9.85. The number of aromatic nitrogens is 2. The second-order valence-corrected chi connectivity index (χ2v) is 18.6. The lowest BCUT2D eigenvalue weighted by Gasteiger charge is -2.47. The van der Waals surface area contributed by atoms with Crippen molar-refractivity contribution < 1.29 is 48.4 Å². The van der Waals surface area contributed by atoms with Gasteiger partial charge in [-0.25, -0.2) is 28.3 Å². The van der Waals surface area contributed by atoms with E-state index in [2.05, 4.69) is 20.6 Å². The SMILES string of the molecule is O=C(O)c1ccc(C2(NC(=O)c3cc(Cl)cnc3N3CC(O)(c4ccc(F)cc4)C3)CC2)cc1.O=C(O)c1ccc(C2(NC(=O)c3cc(Cl)cnc3N3CC(O)(c4cccc(F)c4)C3)CC2)cc1. The molecule has 68 heavy (non-hydrogen) atoms. The number of nitrogens with one attached hydrogen (secondary N) is 2. The van der Waals surface area contributed by atoms with Gasteiger partial charge in [-0.15, -0.1) is 0 Å². The van der Waals surface area contributed by atoms with Crippen LogP contribution >= 0.6 is 23.2 Å². The summed E-state index contributed by atoms with van der Waals surface area (Å²) in [6.45, 7) is 0.672. The van der Waals surface area contributed by atoms with Crippen LogP contribution in [0.2, 0.25) is 10.0 Å². The molecule has 6 aromatic rings. The predicted octanol–water partition coefficient (Wildman–Crippen LogP) is 7.40. The van der Waals surface area contributed by atoms with E-state index in [1.165, 1.54) is 73.1 Å². The Morgan fingerprint density at radius 3 is 1.31 bits per heavy atom. The number of carboxylic acids is 2. The number of aromatic carboxylic acids is 2. The lowest BCUT2D eigenvalue weighted by molar-refractivity contribution is 0.00643. The molecule has 0 radical (unpaired) electrons. The minimum atomic E-state index is -1.25. The van der Waals surface area contributed by atoms with Crippen molar-refractivity contribution in [3.63, 3.8) is 0 Å². The highest BCUT2D eigenvalue weighted by Gasteiger charge is 2.49. The average molecular weight is 964 g/mol. The third kappa shape index (κ3) is 9.19. The van der Waals surface area contributed by atoms with Crippen molar-refractivity contribution in [2.24, 2.45) is 0 Å². The van der Waals surface area contributed by atoms with Gasteiger partial charge in [-0.05, 0) is 109 Å². The number of halogens is 4. The van der Waals surface area contributed by atoms with E-state index >= 15 is 0 Å². The Hall–Kier alpha value is -6.98. The van der Waals surface area contributed by atoms with Gasteiger partial charge >= 0.3 is 11.9 Å². The van der Waals surface area contributed by atoms with Gasteiger partial charge in [-0.1, -0.05) is 71.7 Å². The maximum absolute atomic E-state index is 13.6. The van der Waals surface area contributed by atoms with Gasteiger partial charge in [0.2, 0.25) is 0 Å². The van der Waals surface area contributed by atoms with E-state index in [0.29, 0.717) is 32.8 Å². The fraction of sp³-hybridized carbons (Fsp3) is 0.240. The molecule has 4 aliphatic rings. The minimum absolute atomic E-state index is 0.146. The number of carbonyl (C=O) groups is 4. The van der Waals surface area contributed by atoms with E-state index in [0.717, 1.165) is 36.8 Å². The number of hydrogen-bond acceptors (Lipinski definition) is 10. The van der Waals surface area contributed by atoms with Crippen LogP contribution < -0.4 is 20.4 Å². The molecular weight excluding hydrogens is 921 g/mol. The van der Waals surface area contributed by atoms with Gasteiger partial charge in [-0.2, -0.15) is 0 Å². The summed E-state index contributed by atoms with van der Waals surface area (Å²) >= 11 is 12.3. The topological polar surface area (TPSA) is 206 Å². The third-order valence-electron chi connectivity index (χ3n) is 12.9. The Kier molecular flexibility index (Phi) is 11.9. The zero-order chi connectivity index (χ0) is 48.2. The van der Waals surface area contributed by atoms with Crippen molar-refractivity contribution in [1.29, 1.82) is 0 Å². The summed E-state index contributed by atoms with van der Waals surface area (Å²) in [5, 5.41) is 46.8. The highest BCUT2D eigenvalue weighted by atomic mass is 35.5. The number of hydrogen-bond donors (Lipinski definition) is 6. The summed E-state index contributed by atoms with van der Waals surface area (Å²) in [5.41, 5.74) is 0.0372. The molecular formula is C50H42Cl2F2N6O8. The highest BCUT2D eigenvalue weighted by Crippen LogP contribution is 2.48. The van der Waals surface area contributed by atoms with Crippen LogP contribution in [-0.2, 0) is 22.3 Å². The molecule has 4 fully saturated rings. The van der Waals surface area contributed by atoms with E-state index in [1.807, 2.05) is 0 Å². The maximum atomic E-state index is 13.6. The third-order valence-corrected chi connectivity index (χ3v) is 13.3. The highest BCUT2D eigenvalue weighted by molar-refractivity contribution is 6.31. The van der Waals surface area contributed by atoms with Crippen molar-refractivity contribution >= 4 is 58.6 Å². The van der Waals surface area contributed by atoms with Gasteiger partial charge in [0.1, 0.15) is 34.5 Å². The summed E-state index contributed by atoms with van der Waals surface area (Å²) in [5.74, 6) is -2.79. The summed E-state index contributed by atoms with van der Waals surface area (Å²) in [4.78, 5) is 61.1. The number of amides is 2. The number of carbonyl (C=O) groups excluding carboxylic acids is 2. The standard InChI is InChI=1S/2C25H21ClFN3O4/c26-18-11-20(22(31)29-24(9-10-24)16-3-1-15(2-4-16)23(32)33)21(28-12-18)30-13-25(34,14-30)17-5-7-19(27)8-6-17;26-18-11-20(22(31)29-24(8-9-24)16-6-4-15(5-7-16)23(32)33)21(28-12-18)30-13-25(34,14-30)17-2-1-3-19(27)10-17/h1-8,11-12,34H,9-10,13-14H2,(H,29,31)(H,32,33);1-7,10-12,34H,8-9,13-14H2,(H,29,31)(H,32,33). The average Bonchev–Trinajstić information content (AvgIpc) is 4.25. The first-order chi connectivity index (χ1) is 32.4. The van der Waals surface area contributed by atoms with E-state index in [1.54, 1.807) is 58.3 Å². The van der Waals surface area contributed by atoms with Crippen molar-refractivity contribution in [3.05, 3.63) is 188 Å². The number of carboxylic acid groups (broad SMARTS) is 2. The van der Waals surface area contributed by atoms with Gasteiger partial charge in [-0.3, -0.25) is 9.59 Å². The molecule has 2 aliphatic heterocycles. The molecule has 14 nitrogen and oxygen atoms in total. The first-order valence-corrected chi connectivity index (χ1v) is 22.2. The molecule has 0 bridgehead atoms. The Bertz CT molecular complexity index is 2960. The fourth-order valence-corrected chi connectivity index (χ4v) is 9.05. The number of benzene rings is 4. The largest absolute Gasteiger partial charge is 0.478 e. The van der Waals surface area contributed by atoms with Crippen molar-refractivity contribution in [3.8, 4) is 0 Å². The van der Waals surface area contributed by atoms with Crippen LogP contribution in [-0.4, -0.2) is 80.3 Å². The van der Waals surface area contributed by atoms with E-state index in [9.17, 15) is 38.2 Å². The smallest absolute Gasteiger partial charge is 0.335 e. The van der Waals surface area contributed by atoms with Gasteiger partial charge in [0.25, 0.3) is 11.8 Å². The Balaban J connectivity index is 0.000000170. The van der Waals surface area contributed by atoms with Crippen LogP contribution in [0.3, 0.4) is 0 Å². The Labute approximate surface area is 397 Å². The van der Waals surface area contributed by atoms with Crippen LogP contribution in [0.5, 0.6) is 0 Å². The summed E-state index contributed by atoms with van der Waals surface area (Å²) in [7, 11) is 0. The van der Waals surface area contributed by atoms with Crippen LogP contribution in [0.25, 0.3) is 0 Å². The number of aliphatic hydroxyl groups is 2. The number of pyridine rings is 2. The van der Waals surface area contributed by atoms with Gasteiger partial charge in [0, 0.05) is 12.4 Å². The van der Waals surface area contributed by atoms with Crippen molar-refractivity contribution in [2.45, 2.75) is 48.0 Å². The normalized spacial score (nSPS) is 17.6. The summed E-state index contributed by atoms with van der Waals surface area (Å²) in [6, 6.07) is 27.5. The molecule has 4 aromatic carbocycles. The van der Waals surface area contributed by atoms with E-state index < -0.39 is 40.0 Å². The molecule has 348 valence electrons. The molecule has 0 atom stereocenters. The zero-order valence-corrected chi connectivity index (χ0v) is 37.4. The molecule has 2 saturated heterocycles. The molecule has 18 heteroatoms. The molecule has 2 aromatic heterocycles. The molecule has 10 rings (SSSR count). The molecule has 2 saturated carbocycles. The Morgan fingerprint density at radius 2 is 0.926 bits per heavy atom. The molecule has 0 spiro atoms. The summed E-state index contributed by atoms with van der Waals surface area (Å²) in [6.07, 6.45) is 5.77. The van der Waals surface area contributed by atoms with Crippen molar-refractivity contribution in [1.82, 2.24) is 20.6 Å². The maximum Gasteiger partial charge on any atom is 0.335 e. The number of nitrogens with zero attached hydrogens (tertiary/aromatic N) is 4. The first-order valence-electron chi connectivity index (χ1n) is 21.5. The first kappa shape index (κ1) is 46.1. The zero-order valence-electron chi connectivity index (χ0n) is 35.9. The van der Waals surface area contributed by atoms with Crippen molar-refractivity contribution in [2.75, 3.05) is 36.0 Å². The molecule has 2 aliphatic carbocycles. The van der Waals surface area contributed by atoms with Crippen LogP contribution in [0.15, 0.2) is 122 Å². The second kappa shape index (κ2) is 17.6. The summed E-state index contributed by atoms with van der Waals surface area (Å²) < 4.78 is 26.9. The lowest BCUT2D eigenvalue weighted by Crippen LogP contribution is -2.60.